The Kier molecular flexibility index (Phi) is 3.55. The van der Waals surface area contributed by atoms with Gasteiger partial charge >= 0.3 is 174 Å². The molecule has 27 heavy (non-hydrogen) atoms. The van der Waals surface area contributed by atoms with Gasteiger partial charge in [-0.15, -0.1) is 0 Å². The number of allylic oxidation sites excluding steroid dienone is 20. The monoisotopic (exact) mass is 424 g/mol. The Morgan fingerprint density at radius 2 is 1.15 bits per heavy atom. The van der Waals surface area contributed by atoms with Gasteiger partial charge in [0.05, 0.1) is 0 Å². The van der Waals surface area contributed by atoms with Gasteiger partial charge in [-0.25, -0.2) is 0 Å². The Morgan fingerprint density at radius 3 is 1.67 bits per heavy atom. The third-order valence-corrected chi connectivity index (χ3v) is 11.0. The Hall–Kier alpha value is -1.72. The van der Waals surface area contributed by atoms with Crippen LogP contribution in [0.25, 0.3) is 0 Å². The molecule has 0 heterocycles. The van der Waals surface area contributed by atoms with Gasteiger partial charge in [-0.05, 0) is 0 Å². The summed E-state index contributed by atoms with van der Waals surface area (Å²) in [6, 6.07) is 0. The molecular formula is C26H22Zr. The second-order valence-electron chi connectivity index (χ2n) is 8.12. The molecule has 2 unspecified atom stereocenters. The number of hydrogen-bond acceptors (Lipinski definition) is 0. The molecule has 0 saturated heterocycles. The summed E-state index contributed by atoms with van der Waals surface area (Å²) in [5.74, 6) is 0. The second kappa shape index (κ2) is 5.89. The van der Waals surface area contributed by atoms with Crippen LogP contribution in [0.3, 0.4) is 0 Å². The minimum absolute atomic E-state index is 0.103. The molecule has 0 nitrogen and oxygen atoms in total. The zero-order valence-corrected chi connectivity index (χ0v) is 17.9. The normalized spacial score (nSPS) is 34.4. The first-order valence-electron chi connectivity index (χ1n) is 10.1. The Morgan fingerprint density at radius 1 is 0.630 bits per heavy atom. The van der Waals surface area contributed by atoms with Crippen molar-refractivity contribution in [1.82, 2.24) is 0 Å². The average Bonchev–Trinajstić information content (AvgIpc) is 3.25. The van der Waals surface area contributed by atoms with Gasteiger partial charge in [0.15, 0.2) is 0 Å². The number of hydrogen-bond donors (Lipinski definition) is 0. The first kappa shape index (κ1) is 16.3. The predicted molar refractivity (Wildman–Crippen MR) is 108 cm³/mol. The van der Waals surface area contributed by atoms with E-state index in [1.165, 1.54) is 36.8 Å². The van der Waals surface area contributed by atoms with Gasteiger partial charge in [-0.2, -0.15) is 0 Å². The van der Waals surface area contributed by atoms with E-state index in [1.54, 1.807) is 17.7 Å². The average molecular weight is 426 g/mol. The van der Waals surface area contributed by atoms with E-state index in [0.717, 1.165) is 0 Å². The van der Waals surface area contributed by atoms with Crippen molar-refractivity contribution >= 4 is 0 Å². The molecule has 6 aliphatic carbocycles. The quantitative estimate of drug-likeness (QED) is 0.481. The molecule has 6 rings (SSSR count). The van der Waals surface area contributed by atoms with Crippen LogP contribution in [0.2, 0.25) is 0 Å². The summed E-state index contributed by atoms with van der Waals surface area (Å²) < 4.78 is 3.44. The Balaban J connectivity index is 1.41. The molecule has 6 aliphatic rings. The van der Waals surface area contributed by atoms with E-state index in [2.05, 4.69) is 85.1 Å². The molecule has 0 aliphatic heterocycles. The van der Waals surface area contributed by atoms with E-state index in [9.17, 15) is 0 Å². The second-order valence-corrected chi connectivity index (χ2v) is 11.4. The van der Waals surface area contributed by atoms with Crippen molar-refractivity contribution in [3.05, 3.63) is 114 Å². The SMILES string of the molecule is C1=CC2=CCCC3=CC=[C]([Zr][C]4=CC=C5CCC=C6C=CC=CC654)C23C=C1. The van der Waals surface area contributed by atoms with Crippen molar-refractivity contribution < 1.29 is 23.2 Å². The first-order chi connectivity index (χ1) is 13.3. The van der Waals surface area contributed by atoms with Crippen LogP contribution in [-0.2, 0) is 23.2 Å². The zero-order valence-electron chi connectivity index (χ0n) is 15.4. The molecule has 2 atom stereocenters. The molecule has 0 bridgehead atoms. The van der Waals surface area contributed by atoms with E-state index < -0.39 is 23.2 Å². The van der Waals surface area contributed by atoms with Crippen molar-refractivity contribution in [2.45, 2.75) is 25.7 Å². The number of rotatable bonds is 2. The molecule has 0 amide bonds. The summed E-state index contributed by atoms with van der Waals surface area (Å²) in [5, 5.41) is 0. The Bertz CT molecular complexity index is 960. The van der Waals surface area contributed by atoms with Crippen molar-refractivity contribution in [2.75, 3.05) is 0 Å². The van der Waals surface area contributed by atoms with E-state index in [-0.39, 0.29) is 10.8 Å². The molecule has 0 saturated carbocycles. The summed E-state index contributed by atoms with van der Waals surface area (Å²) in [5.41, 5.74) is 6.50. The molecule has 1 heteroatoms. The standard InChI is InChI=1S/2C13H11.Zr/c2*1-2-9-13-10-4-8-12(13)7-3-6-11(13)5-1;/h2*1-2,4-6,8-9H,3,7H2;. The zero-order chi connectivity index (χ0) is 17.9. The molecule has 0 N–H and O–H groups in total. The van der Waals surface area contributed by atoms with Gasteiger partial charge in [0.25, 0.3) is 0 Å². The van der Waals surface area contributed by atoms with Gasteiger partial charge in [0.2, 0.25) is 0 Å². The fourth-order valence-electron chi connectivity index (χ4n) is 5.70. The molecule has 0 radical (unpaired) electrons. The van der Waals surface area contributed by atoms with Crippen LogP contribution in [0.15, 0.2) is 114 Å². The predicted octanol–water partition coefficient (Wildman–Crippen LogP) is 6.38. The van der Waals surface area contributed by atoms with Crippen LogP contribution in [0, 0.1) is 10.8 Å². The van der Waals surface area contributed by atoms with Crippen LogP contribution < -0.4 is 0 Å². The van der Waals surface area contributed by atoms with Crippen LogP contribution in [0.4, 0.5) is 0 Å². The van der Waals surface area contributed by atoms with E-state index >= 15 is 0 Å². The fourth-order valence-corrected chi connectivity index (χ4v) is 10.1. The van der Waals surface area contributed by atoms with Gasteiger partial charge in [0, 0.05) is 0 Å². The molecular weight excluding hydrogens is 404 g/mol. The maximum atomic E-state index is 2.49. The Labute approximate surface area is 173 Å². The van der Waals surface area contributed by atoms with Gasteiger partial charge in [-0.1, -0.05) is 0 Å². The molecule has 2 spiro atoms. The van der Waals surface area contributed by atoms with Gasteiger partial charge < -0.3 is 0 Å². The van der Waals surface area contributed by atoms with Crippen molar-refractivity contribution in [3.8, 4) is 0 Å². The molecule has 0 aromatic carbocycles. The summed E-state index contributed by atoms with van der Waals surface area (Å²) in [6.07, 6.45) is 38.3. The van der Waals surface area contributed by atoms with Crippen LogP contribution >= 0.6 is 0 Å². The van der Waals surface area contributed by atoms with E-state index in [0.29, 0.717) is 0 Å². The minimum atomic E-state index is -0.909. The van der Waals surface area contributed by atoms with E-state index in [1.807, 2.05) is 0 Å². The molecule has 0 aromatic rings. The van der Waals surface area contributed by atoms with E-state index in [4.69, 9.17) is 0 Å². The van der Waals surface area contributed by atoms with Gasteiger partial charge in [0.1, 0.15) is 0 Å². The fraction of sp³-hybridized carbons (Fsp3) is 0.231. The molecule has 0 fully saturated rings. The topological polar surface area (TPSA) is 0 Å². The van der Waals surface area contributed by atoms with Crippen LogP contribution in [0.5, 0.6) is 0 Å². The third kappa shape index (κ3) is 2.07. The van der Waals surface area contributed by atoms with Gasteiger partial charge in [-0.3, -0.25) is 0 Å². The van der Waals surface area contributed by atoms with Crippen molar-refractivity contribution in [3.63, 3.8) is 0 Å². The summed E-state index contributed by atoms with van der Waals surface area (Å²) in [7, 11) is 0. The maximum absolute atomic E-state index is 2.49. The molecule has 130 valence electrons. The van der Waals surface area contributed by atoms with Crippen LogP contribution in [0.1, 0.15) is 25.7 Å². The van der Waals surface area contributed by atoms with Crippen LogP contribution in [-0.4, -0.2) is 0 Å². The summed E-state index contributed by atoms with van der Waals surface area (Å²) in [6.45, 7) is 0. The third-order valence-electron chi connectivity index (χ3n) is 6.97. The van der Waals surface area contributed by atoms with Crippen molar-refractivity contribution in [1.29, 1.82) is 0 Å². The first-order valence-corrected chi connectivity index (χ1v) is 12.5. The molecule has 0 aromatic heterocycles. The summed E-state index contributed by atoms with van der Waals surface area (Å²) >= 11 is -0.909. The van der Waals surface area contributed by atoms with Crippen molar-refractivity contribution in [2.24, 2.45) is 10.8 Å². The summed E-state index contributed by atoms with van der Waals surface area (Å²) in [4.78, 5) is 0.